The smallest absolute Gasteiger partial charge is 0.163 e. The Morgan fingerprint density at radius 1 is 0.960 bits per heavy atom. The molecular weight excluding hydrogens is 310 g/mol. The number of rotatable bonds is 4. The lowest BCUT2D eigenvalue weighted by molar-refractivity contribution is 0.876. The van der Waals surface area contributed by atoms with Gasteiger partial charge in [0.25, 0.3) is 0 Å². The van der Waals surface area contributed by atoms with Gasteiger partial charge in [0.1, 0.15) is 11.5 Å². The molecule has 0 bridgehead atoms. The fourth-order valence-corrected chi connectivity index (χ4v) is 2.84. The summed E-state index contributed by atoms with van der Waals surface area (Å²) in [4.78, 5) is 12.6. The van der Waals surface area contributed by atoms with Crippen LogP contribution in [0.4, 0.5) is 11.5 Å². The number of hydrogen-bond acceptors (Lipinski definition) is 4. The second-order valence-corrected chi connectivity index (χ2v) is 6.03. The largest absolute Gasteiger partial charge is 0.399 e. The van der Waals surface area contributed by atoms with Crippen LogP contribution >= 0.6 is 0 Å². The molecule has 4 N–H and O–H groups in total. The predicted octanol–water partition coefficient (Wildman–Crippen LogP) is 4.38. The van der Waals surface area contributed by atoms with Crippen molar-refractivity contribution in [1.29, 1.82) is 0 Å². The Bertz CT molecular complexity index is 990. The maximum atomic E-state index is 5.78. The lowest BCUT2D eigenvalue weighted by Crippen LogP contribution is -2.09. The summed E-state index contributed by atoms with van der Waals surface area (Å²) < 4.78 is 0. The van der Waals surface area contributed by atoms with E-state index in [0.717, 1.165) is 28.1 Å². The number of anilines is 2. The first kappa shape index (κ1) is 15.2. The van der Waals surface area contributed by atoms with Crippen molar-refractivity contribution in [3.05, 3.63) is 72.4 Å². The zero-order valence-corrected chi connectivity index (χ0v) is 13.9. The van der Waals surface area contributed by atoms with Crippen molar-refractivity contribution in [3.8, 4) is 11.4 Å². The van der Waals surface area contributed by atoms with Gasteiger partial charge < -0.3 is 16.0 Å². The van der Waals surface area contributed by atoms with Crippen LogP contribution in [0, 0.1) is 0 Å². The van der Waals surface area contributed by atoms with Gasteiger partial charge in [-0.1, -0.05) is 30.3 Å². The van der Waals surface area contributed by atoms with Crippen LogP contribution in [0.3, 0.4) is 0 Å². The summed E-state index contributed by atoms with van der Waals surface area (Å²) in [5.41, 5.74) is 9.45. The lowest BCUT2D eigenvalue weighted by atomic mass is 10.1. The Morgan fingerprint density at radius 3 is 2.48 bits per heavy atom. The topological polar surface area (TPSA) is 79.6 Å². The molecule has 5 nitrogen and oxygen atoms in total. The number of aromatic nitrogens is 3. The fourth-order valence-electron chi connectivity index (χ4n) is 2.84. The molecule has 0 saturated carbocycles. The molecule has 25 heavy (non-hydrogen) atoms. The third kappa shape index (κ3) is 3.04. The highest BCUT2D eigenvalue weighted by Gasteiger charge is 2.13. The van der Waals surface area contributed by atoms with Gasteiger partial charge in [0.15, 0.2) is 5.82 Å². The molecule has 0 spiro atoms. The van der Waals surface area contributed by atoms with E-state index in [-0.39, 0.29) is 6.04 Å². The number of hydrogen-bond donors (Lipinski definition) is 3. The van der Waals surface area contributed by atoms with Gasteiger partial charge in [0, 0.05) is 23.5 Å². The van der Waals surface area contributed by atoms with E-state index in [1.165, 1.54) is 5.56 Å². The van der Waals surface area contributed by atoms with Crippen molar-refractivity contribution in [3.63, 3.8) is 0 Å². The number of benzene rings is 2. The number of aromatic amines is 1. The molecule has 2 aromatic carbocycles. The van der Waals surface area contributed by atoms with Gasteiger partial charge >= 0.3 is 0 Å². The normalized spacial score (nSPS) is 12.2. The zero-order valence-electron chi connectivity index (χ0n) is 13.9. The van der Waals surface area contributed by atoms with E-state index in [2.05, 4.69) is 34.3 Å². The van der Waals surface area contributed by atoms with Gasteiger partial charge in [-0.05, 0) is 42.8 Å². The van der Waals surface area contributed by atoms with Crippen molar-refractivity contribution in [2.45, 2.75) is 13.0 Å². The van der Waals surface area contributed by atoms with Crippen molar-refractivity contribution in [2.24, 2.45) is 0 Å². The summed E-state index contributed by atoms with van der Waals surface area (Å²) in [5.74, 6) is 1.48. The second kappa shape index (κ2) is 6.28. The highest BCUT2D eigenvalue weighted by Crippen LogP contribution is 2.27. The summed E-state index contributed by atoms with van der Waals surface area (Å²) in [6, 6.07) is 20.0. The molecule has 0 radical (unpaired) electrons. The van der Waals surface area contributed by atoms with E-state index in [1.54, 1.807) is 0 Å². The van der Waals surface area contributed by atoms with Crippen molar-refractivity contribution < 1.29 is 0 Å². The molecule has 124 valence electrons. The molecule has 2 aromatic heterocycles. The van der Waals surface area contributed by atoms with E-state index < -0.39 is 0 Å². The number of nitrogens with one attached hydrogen (secondary N) is 2. The van der Waals surface area contributed by atoms with Crippen LogP contribution in [0.1, 0.15) is 18.5 Å². The first-order chi connectivity index (χ1) is 12.2. The summed E-state index contributed by atoms with van der Waals surface area (Å²) >= 11 is 0. The van der Waals surface area contributed by atoms with Gasteiger partial charge in [0.05, 0.1) is 5.39 Å². The number of fused-ring (bicyclic) bond motifs is 1. The van der Waals surface area contributed by atoms with Crippen LogP contribution < -0.4 is 11.1 Å². The van der Waals surface area contributed by atoms with Crippen LogP contribution in [-0.4, -0.2) is 15.0 Å². The Kier molecular flexibility index (Phi) is 3.82. The Hall–Kier alpha value is -3.34. The summed E-state index contributed by atoms with van der Waals surface area (Å²) in [7, 11) is 0. The molecule has 1 atom stereocenters. The summed E-state index contributed by atoms with van der Waals surface area (Å²) in [6.07, 6.45) is 1.88. The highest BCUT2D eigenvalue weighted by molar-refractivity contribution is 5.88. The molecule has 0 amide bonds. The van der Waals surface area contributed by atoms with Crippen molar-refractivity contribution >= 4 is 22.5 Å². The Balaban J connectivity index is 1.75. The highest BCUT2D eigenvalue weighted by atomic mass is 15.1. The third-order valence-corrected chi connectivity index (χ3v) is 4.24. The van der Waals surface area contributed by atoms with Gasteiger partial charge in [-0.25, -0.2) is 9.97 Å². The monoisotopic (exact) mass is 329 g/mol. The minimum Gasteiger partial charge on any atom is -0.399 e. The first-order valence-electron chi connectivity index (χ1n) is 8.23. The van der Waals surface area contributed by atoms with Crippen molar-refractivity contribution in [1.82, 2.24) is 15.0 Å². The maximum Gasteiger partial charge on any atom is 0.163 e. The minimum absolute atomic E-state index is 0.133. The standard InChI is InChI=1S/C20H19N5/c1-13(14-5-3-2-4-6-14)23-20-17-11-12-22-19(17)24-18(25-20)15-7-9-16(21)10-8-15/h2-13H,21H2,1H3,(H2,22,23,24,25). The van der Waals surface area contributed by atoms with E-state index >= 15 is 0 Å². The molecule has 2 heterocycles. The SMILES string of the molecule is CC(Nc1nc(-c2ccc(N)cc2)nc2[nH]ccc12)c1ccccc1. The molecule has 0 aliphatic carbocycles. The van der Waals surface area contributed by atoms with E-state index in [1.807, 2.05) is 54.7 Å². The Morgan fingerprint density at radius 2 is 1.72 bits per heavy atom. The van der Waals surface area contributed by atoms with E-state index in [4.69, 9.17) is 10.7 Å². The summed E-state index contributed by atoms with van der Waals surface area (Å²) in [6.45, 7) is 2.12. The molecule has 5 heteroatoms. The van der Waals surface area contributed by atoms with Crippen LogP contribution in [0.2, 0.25) is 0 Å². The van der Waals surface area contributed by atoms with Crippen LogP contribution in [0.15, 0.2) is 66.9 Å². The molecule has 4 rings (SSSR count). The number of nitrogen functional groups attached to an aromatic ring is 1. The van der Waals surface area contributed by atoms with Crippen LogP contribution in [0.25, 0.3) is 22.4 Å². The Labute approximate surface area is 145 Å². The molecule has 1 unspecified atom stereocenters. The van der Waals surface area contributed by atoms with Gasteiger partial charge in [-0.3, -0.25) is 0 Å². The predicted molar refractivity (Wildman–Crippen MR) is 102 cm³/mol. The average Bonchev–Trinajstić information content (AvgIpc) is 3.12. The third-order valence-electron chi connectivity index (χ3n) is 4.24. The summed E-state index contributed by atoms with van der Waals surface area (Å²) in [5, 5.41) is 4.49. The number of nitrogens with zero attached hydrogens (tertiary/aromatic N) is 2. The average molecular weight is 329 g/mol. The number of H-pyrrole nitrogens is 1. The molecule has 0 saturated heterocycles. The molecule has 0 aliphatic rings. The molecule has 0 aliphatic heterocycles. The first-order valence-corrected chi connectivity index (χ1v) is 8.23. The second-order valence-electron chi connectivity index (χ2n) is 6.03. The molecule has 4 aromatic rings. The van der Waals surface area contributed by atoms with Crippen LogP contribution in [0.5, 0.6) is 0 Å². The van der Waals surface area contributed by atoms with Gasteiger partial charge in [-0.15, -0.1) is 0 Å². The minimum atomic E-state index is 0.133. The van der Waals surface area contributed by atoms with E-state index in [0.29, 0.717) is 5.82 Å². The fraction of sp³-hybridized carbons (Fsp3) is 0.100. The maximum absolute atomic E-state index is 5.78. The number of nitrogens with two attached hydrogens (primary N) is 1. The van der Waals surface area contributed by atoms with Gasteiger partial charge in [-0.2, -0.15) is 0 Å². The molecular formula is C20H19N5. The molecule has 0 fully saturated rings. The lowest BCUT2D eigenvalue weighted by Gasteiger charge is -2.16. The van der Waals surface area contributed by atoms with Crippen molar-refractivity contribution in [2.75, 3.05) is 11.1 Å². The zero-order chi connectivity index (χ0) is 17.2. The van der Waals surface area contributed by atoms with Gasteiger partial charge in [0.2, 0.25) is 0 Å². The van der Waals surface area contributed by atoms with E-state index in [9.17, 15) is 0 Å². The quantitative estimate of drug-likeness (QED) is 0.485. The van der Waals surface area contributed by atoms with Crippen LogP contribution in [-0.2, 0) is 0 Å².